The zero-order chi connectivity index (χ0) is 18.4. The van der Waals surface area contributed by atoms with Crippen LogP contribution in [0.4, 0.5) is 5.69 Å². The first-order valence-electron chi connectivity index (χ1n) is 9.04. The lowest BCUT2D eigenvalue weighted by molar-refractivity contribution is 1.29. The maximum Gasteiger partial charge on any atom is 0.301 e. The van der Waals surface area contributed by atoms with Crippen LogP contribution in [0.25, 0.3) is 0 Å². The second kappa shape index (κ2) is 7.93. The minimum absolute atomic E-state index is 0.872. The highest BCUT2D eigenvalue weighted by molar-refractivity contribution is 7.10. The van der Waals surface area contributed by atoms with Crippen LogP contribution < -0.4 is 15.6 Å². The maximum absolute atomic E-state index is 5.10. The number of hydrogen-bond acceptors (Lipinski definition) is 2. The van der Waals surface area contributed by atoms with Crippen LogP contribution in [0.5, 0.6) is 0 Å². The van der Waals surface area contributed by atoms with E-state index in [1.165, 1.54) is 15.6 Å². The minimum Gasteiger partial charge on any atom is -0.216 e. The van der Waals surface area contributed by atoms with Gasteiger partial charge in [0.25, 0.3) is 0 Å². The summed E-state index contributed by atoms with van der Waals surface area (Å²) in [6, 6.07) is 41.7. The highest BCUT2D eigenvalue weighted by Crippen LogP contribution is 2.16. The Morgan fingerprint density at radius 1 is 0.407 bits per heavy atom. The van der Waals surface area contributed by atoms with Crippen LogP contribution in [0.15, 0.2) is 131 Å². The predicted molar refractivity (Wildman–Crippen MR) is 115 cm³/mol. The second-order valence-electron chi connectivity index (χ2n) is 6.34. The van der Waals surface area contributed by atoms with E-state index < -0.39 is 8.24 Å². The topological polar surface area (TPSA) is 24.7 Å². The first kappa shape index (κ1) is 17.1. The first-order valence-corrected chi connectivity index (χ1v) is 11.0. The molecule has 0 aliphatic heterocycles. The van der Waals surface area contributed by atoms with Gasteiger partial charge in [-0.15, -0.1) is 0 Å². The zero-order valence-electron chi connectivity index (χ0n) is 14.9. The van der Waals surface area contributed by atoms with Gasteiger partial charge in [-0.05, 0) is 27.7 Å². The van der Waals surface area contributed by atoms with Crippen LogP contribution >= 0.6 is 0 Å². The molecule has 0 saturated carbocycles. The standard InChI is InChI=1S/C24H20N2Si/c1-5-13-21(14-6-1)25-26-27(22-15-7-2-8-16-22,23-17-9-3-10-18-23)24-19-11-4-12-20-24/h1-20H. The van der Waals surface area contributed by atoms with E-state index in [1.807, 2.05) is 48.5 Å². The molecule has 0 N–H and O–H groups in total. The van der Waals surface area contributed by atoms with Crippen molar-refractivity contribution in [1.29, 1.82) is 0 Å². The second-order valence-corrected chi connectivity index (χ2v) is 9.70. The van der Waals surface area contributed by atoms with Crippen molar-refractivity contribution in [2.45, 2.75) is 0 Å². The van der Waals surface area contributed by atoms with Gasteiger partial charge in [0.2, 0.25) is 0 Å². The highest BCUT2D eigenvalue weighted by Gasteiger charge is 2.41. The largest absolute Gasteiger partial charge is 0.301 e. The van der Waals surface area contributed by atoms with Gasteiger partial charge in [0.1, 0.15) is 0 Å². The van der Waals surface area contributed by atoms with Gasteiger partial charge in [0.05, 0.1) is 5.69 Å². The summed E-state index contributed by atoms with van der Waals surface area (Å²) in [4.78, 5) is 0. The number of nitrogens with zero attached hydrogens (tertiary/aromatic N) is 2. The summed E-state index contributed by atoms with van der Waals surface area (Å²) in [5, 5.41) is 8.37. The number of hydrogen-bond donors (Lipinski definition) is 0. The van der Waals surface area contributed by atoms with Gasteiger partial charge in [0, 0.05) is 0 Å². The summed E-state index contributed by atoms with van der Waals surface area (Å²) in [5.74, 6) is 0. The van der Waals surface area contributed by atoms with Crippen molar-refractivity contribution in [1.82, 2.24) is 0 Å². The molecular weight excluding hydrogens is 344 g/mol. The highest BCUT2D eigenvalue weighted by atomic mass is 28.3. The fourth-order valence-electron chi connectivity index (χ4n) is 3.34. The number of rotatable bonds is 5. The lowest BCUT2D eigenvalue weighted by atomic mass is 10.3. The van der Waals surface area contributed by atoms with Gasteiger partial charge in [0.15, 0.2) is 0 Å². The fourth-order valence-corrected chi connectivity index (χ4v) is 6.98. The molecule has 3 heteroatoms. The molecule has 0 radical (unpaired) electrons. The summed E-state index contributed by atoms with van der Waals surface area (Å²) >= 11 is 0. The van der Waals surface area contributed by atoms with Gasteiger partial charge in [-0.1, -0.05) is 109 Å². The third-order valence-corrected chi connectivity index (χ3v) is 8.55. The van der Waals surface area contributed by atoms with Crippen LogP contribution in [-0.4, -0.2) is 8.24 Å². The van der Waals surface area contributed by atoms with Crippen LogP contribution in [0.3, 0.4) is 0 Å². The van der Waals surface area contributed by atoms with Crippen molar-refractivity contribution < 1.29 is 0 Å². The van der Waals surface area contributed by atoms with E-state index in [-0.39, 0.29) is 0 Å². The molecule has 0 aliphatic carbocycles. The Hall–Kier alpha value is -3.30. The Balaban J connectivity index is 1.99. The molecule has 0 bridgehead atoms. The molecule has 0 saturated heterocycles. The van der Waals surface area contributed by atoms with Crippen LogP contribution in [0, 0.1) is 0 Å². The zero-order valence-corrected chi connectivity index (χ0v) is 15.9. The Morgan fingerprint density at radius 3 is 1.11 bits per heavy atom. The molecule has 0 spiro atoms. The third kappa shape index (κ3) is 3.50. The molecule has 0 aromatic heterocycles. The van der Waals surface area contributed by atoms with Crippen molar-refractivity contribution in [2.75, 3.05) is 0 Å². The smallest absolute Gasteiger partial charge is 0.216 e. The van der Waals surface area contributed by atoms with Crippen molar-refractivity contribution in [3.8, 4) is 0 Å². The van der Waals surface area contributed by atoms with Gasteiger partial charge in [-0.3, -0.25) is 0 Å². The Morgan fingerprint density at radius 2 is 0.741 bits per heavy atom. The van der Waals surface area contributed by atoms with Crippen molar-refractivity contribution in [2.24, 2.45) is 9.89 Å². The fraction of sp³-hybridized carbons (Fsp3) is 0. The summed E-state index contributed by atoms with van der Waals surface area (Å²) < 4.78 is 5.10. The van der Waals surface area contributed by atoms with Crippen LogP contribution in [0.2, 0.25) is 0 Å². The van der Waals surface area contributed by atoms with E-state index in [4.69, 9.17) is 9.89 Å². The van der Waals surface area contributed by atoms with Gasteiger partial charge < -0.3 is 0 Å². The van der Waals surface area contributed by atoms with E-state index in [2.05, 4.69) is 72.8 Å². The van der Waals surface area contributed by atoms with Gasteiger partial charge in [-0.2, -0.15) is 5.11 Å². The molecule has 2 nitrogen and oxygen atoms in total. The van der Waals surface area contributed by atoms with E-state index >= 15 is 0 Å². The third-order valence-electron chi connectivity index (χ3n) is 4.65. The lowest BCUT2D eigenvalue weighted by Gasteiger charge is -2.27. The van der Waals surface area contributed by atoms with E-state index in [0.717, 1.165) is 5.69 Å². The van der Waals surface area contributed by atoms with Crippen molar-refractivity contribution >= 4 is 29.5 Å². The molecule has 0 fully saturated rings. The molecule has 4 aromatic rings. The molecule has 27 heavy (non-hydrogen) atoms. The average Bonchev–Trinajstić information content (AvgIpc) is 2.77. The molecule has 0 heterocycles. The van der Waals surface area contributed by atoms with Gasteiger partial charge >= 0.3 is 8.24 Å². The first-order chi connectivity index (χ1) is 13.4. The Kier molecular flexibility index (Phi) is 5.03. The van der Waals surface area contributed by atoms with Crippen LogP contribution in [-0.2, 0) is 0 Å². The normalized spacial score (nSPS) is 11.6. The Bertz CT molecular complexity index is 905. The summed E-state index contributed by atoms with van der Waals surface area (Å²) in [6.45, 7) is 0. The average molecular weight is 365 g/mol. The molecule has 0 unspecified atom stereocenters. The number of benzene rings is 4. The quantitative estimate of drug-likeness (QED) is 0.284. The molecule has 0 atom stereocenters. The molecule has 0 amide bonds. The molecule has 4 aromatic carbocycles. The minimum atomic E-state index is -2.65. The summed E-state index contributed by atoms with van der Waals surface area (Å²) in [7, 11) is -2.65. The predicted octanol–water partition coefficient (Wildman–Crippen LogP) is 4.44. The SMILES string of the molecule is c1ccc(N=N[Si](c2ccccc2)(c2ccccc2)c2ccccc2)cc1. The molecule has 130 valence electrons. The summed E-state index contributed by atoms with van der Waals surface area (Å²) in [6.07, 6.45) is 0. The molecular formula is C24H20N2Si. The van der Waals surface area contributed by atoms with Crippen molar-refractivity contribution in [3.63, 3.8) is 0 Å². The van der Waals surface area contributed by atoms with Gasteiger partial charge in [-0.25, -0.2) is 4.78 Å². The van der Waals surface area contributed by atoms with Crippen molar-refractivity contribution in [3.05, 3.63) is 121 Å². The van der Waals surface area contributed by atoms with E-state index in [0.29, 0.717) is 0 Å². The molecule has 4 rings (SSSR count). The maximum atomic E-state index is 5.10. The molecule has 0 aliphatic rings. The summed E-state index contributed by atoms with van der Waals surface area (Å²) in [5.41, 5.74) is 0.872. The Labute approximate surface area is 161 Å². The monoisotopic (exact) mass is 364 g/mol. The van der Waals surface area contributed by atoms with E-state index in [9.17, 15) is 0 Å². The lowest BCUT2D eigenvalue weighted by Crippen LogP contribution is -2.65. The van der Waals surface area contributed by atoms with E-state index in [1.54, 1.807) is 0 Å². The van der Waals surface area contributed by atoms with Crippen LogP contribution in [0.1, 0.15) is 0 Å².